The van der Waals surface area contributed by atoms with E-state index in [9.17, 15) is 18.0 Å². The smallest absolute Gasteiger partial charge is 0.475 e. The van der Waals surface area contributed by atoms with Crippen molar-refractivity contribution in [1.29, 1.82) is 0 Å². The monoisotopic (exact) mass is 506 g/mol. The van der Waals surface area contributed by atoms with E-state index in [0.717, 1.165) is 87.2 Å². The van der Waals surface area contributed by atoms with Gasteiger partial charge < -0.3 is 20.2 Å². The molecule has 2 aromatic heterocycles. The Hall–Kier alpha value is -3.44. The van der Waals surface area contributed by atoms with Crippen molar-refractivity contribution < 1.29 is 27.9 Å². The number of hydrogen-bond donors (Lipinski definition) is 2. The Balaban J connectivity index is 0.000000384. The van der Waals surface area contributed by atoms with E-state index in [0.29, 0.717) is 0 Å². The standard InChI is InChI=1S/C22H28N6O.C2HF3O2/c29-22(28-9-1-2-10-28)18-13-17-6-11-27(20-5-8-23-15-25-20)12-7-19(17)26-21(18)24-14-16-3-4-16;3-2(4,5)1(6)7/h5,8,13,15-16H,1-4,6-7,9-12,14H2,(H,24,26);(H,6,7). The van der Waals surface area contributed by atoms with Crippen molar-refractivity contribution in [2.24, 2.45) is 5.92 Å². The van der Waals surface area contributed by atoms with Crippen molar-refractivity contribution >= 4 is 23.5 Å². The van der Waals surface area contributed by atoms with Crippen LogP contribution >= 0.6 is 0 Å². The fourth-order valence-corrected chi connectivity index (χ4v) is 4.29. The molecule has 1 amide bonds. The lowest BCUT2D eigenvalue weighted by Crippen LogP contribution is -2.29. The summed E-state index contributed by atoms with van der Waals surface area (Å²) in [6.45, 7) is 4.38. The van der Waals surface area contributed by atoms with Crippen molar-refractivity contribution in [2.45, 2.75) is 44.7 Å². The minimum atomic E-state index is -5.08. The Morgan fingerprint density at radius 1 is 1.11 bits per heavy atom. The third-order valence-electron chi connectivity index (χ3n) is 6.47. The molecule has 2 N–H and O–H groups in total. The van der Waals surface area contributed by atoms with Gasteiger partial charge in [0.1, 0.15) is 18.0 Å². The van der Waals surface area contributed by atoms with Gasteiger partial charge in [-0.05, 0) is 55.7 Å². The van der Waals surface area contributed by atoms with Gasteiger partial charge in [-0.2, -0.15) is 13.2 Å². The molecule has 0 aromatic carbocycles. The Kier molecular flexibility index (Phi) is 7.90. The normalized spacial score (nSPS) is 17.5. The first-order valence-electron chi connectivity index (χ1n) is 12.1. The molecule has 0 spiro atoms. The number of carbonyl (C=O) groups excluding carboxylic acids is 1. The van der Waals surface area contributed by atoms with Crippen LogP contribution in [-0.4, -0.2) is 75.7 Å². The second kappa shape index (κ2) is 11.1. The molecule has 2 aromatic rings. The van der Waals surface area contributed by atoms with E-state index in [4.69, 9.17) is 14.9 Å². The van der Waals surface area contributed by atoms with Gasteiger partial charge in [-0.25, -0.2) is 19.7 Å². The summed E-state index contributed by atoms with van der Waals surface area (Å²) in [5.41, 5.74) is 3.06. The summed E-state index contributed by atoms with van der Waals surface area (Å²) in [4.78, 5) is 39.8. The van der Waals surface area contributed by atoms with Crippen molar-refractivity contribution in [3.8, 4) is 0 Å². The molecule has 12 heteroatoms. The average molecular weight is 507 g/mol. The summed E-state index contributed by atoms with van der Waals surface area (Å²) in [5.74, 6) is -0.157. The molecule has 0 unspecified atom stereocenters. The van der Waals surface area contributed by atoms with Crippen LogP contribution in [0.15, 0.2) is 24.7 Å². The summed E-state index contributed by atoms with van der Waals surface area (Å²) in [5, 5.41) is 10.6. The van der Waals surface area contributed by atoms with Crippen molar-refractivity contribution in [3.63, 3.8) is 0 Å². The number of nitrogens with zero attached hydrogens (tertiary/aromatic N) is 5. The summed E-state index contributed by atoms with van der Waals surface area (Å²) >= 11 is 0. The van der Waals surface area contributed by atoms with E-state index in [2.05, 4.69) is 26.3 Å². The largest absolute Gasteiger partial charge is 0.490 e. The van der Waals surface area contributed by atoms with Crippen LogP contribution in [-0.2, 0) is 17.6 Å². The van der Waals surface area contributed by atoms with Gasteiger partial charge in [-0.15, -0.1) is 0 Å². The molecular formula is C24H29F3N6O3. The first-order chi connectivity index (χ1) is 17.2. The van der Waals surface area contributed by atoms with Crippen LogP contribution in [0.25, 0.3) is 0 Å². The number of halogens is 3. The van der Waals surface area contributed by atoms with Gasteiger partial charge in [0.15, 0.2) is 0 Å². The number of anilines is 2. The number of hydrogen-bond acceptors (Lipinski definition) is 7. The third kappa shape index (κ3) is 6.61. The van der Waals surface area contributed by atoms with Crippen LogP contribution in [0.3, 0.4) is 0 Å². The minimum absolute atomic E-state index is 0.132. The van der Waals surface area contributed by atoms with Crippen molar-refractivity contribution in [3.05, 3.63) is 41.5 Å². The number of alkyl halides is 3. The number of aliphatic carboxylic acids is 1. The molecule has 1 saturated carbocycles. The number of carboxylic acid groups (broad SMARTS) is 1. The number of carbonyl (C=O) groups is 2. The Labute approximate surface area is 206 Å². The molecule has 194 valence electrons. The molecule has 1 aliphatic carbocycles. The maximum absolute atomic E-state index is 13.2. The van der Waals surface area contributed by atoms with Crippen LogP contribution < -0.4 is 10.2 Å². The maximum atomic E-state index is 13.2. The fourth-order valence-electron chi connectivity index (χ4n) is 4.29. The highest BCUT2D eigenvalue weighted by Gasteiger charge is 2.38. The van der Waals surface area contributed by atoms with Gasteiger partial charge in [0.25, 0.3) is 5.91 Å². The van der Waals surface area contributed by atoms with Crippen LogP contribution in [0.4, 0.5) is 24.8 Å². The Morgan fingerprint density at radius 3 is 2.42 bits per heavy atom. The number of fused-ring (bicyclic) bond motifs is 1. The average Bonchev–Trinajstić information content (AvgIpc) is 3.58. The van der Waals surface area contributed by atoms with Gasteiger partial charge in [-0.1, -0.05) is 0 Å². The predicted molar refractivity (Wildman–Crippen MR) is 126 cm³/mol. The summed E-state index contributed by atoms with van der Waals surface area (Å²) in [6, 6.07) is 4.07. The first kappa shape index (κ1) is 25.6. The highest BCUT2D eigenvalue weighted by molar-refractivity contribution is 5.99. The zero-order valence-corrected chi connectivity index (χ0v) is 19.8. The van der Waals surface area contributed by atoms with Crippen LogP contribution in [0.2, 0.25) is 0 Å². The second-order valence-corrected chi connectivity index (χ2v) is 9.17. The number of carboxylic acids is 1. The van der Waals surface area contributed by atoms with E-state index in [1.165, 1.54) is 18.4 Å². The number of rotatable bonds is 5. The number of nitrogens with one attached hydrogen (secondary N) is 1. The van der Waals surface area contributed by atoms with Crippen LogP contribution in [0.5, 0.6) is 0 Å². The lowest BCUT2D eigenvalue weighted by molar-refractivity contribution is -0.192. The van der Waals surface area contributed by atoms with Gasteiger partial charge in [0, 0.05) is 51.0 Å². The quantitative estimate of drug-likeness (QED) is 0.636. The highest BCUT2D eigenvalue weighted by atomic mass is 19.4. The van der Waals surface area contributed by atoms with E-state index in [1.54, 1.807) is 12.5 Å². The van der Waals surface area contributed by atoms with Crippen molar-refractivity contribution in [2.75, 3.05) is 42.9 Å². The first-order valence-corrected chi connectivity index (χ1v) is 12.1. The number of aromatic nitrogens is 3. The maximum Gasteiger partial charge on any atom is 0.490 e. The predicted octanol–water partition coefficient (Wildman–Crippen LogP) is 3.17. The van der Waals surface area contributed by atoms with E-state index in [-0.39, 0.29) is 5.91 Å². The third-order valence-corrected chi connectivity index (χ3v) is 6.47. The second-order valence-electron chi connectivity index (χ2n) is 9.17. The summed E-state index contributed by atoms with van der Waals surface area (Å²) in [7, 11) is 0. The summed E-state index contributed by atoms with van der Waals surface area (Å²) in [6.07, 6.45) is 4.78. The molecule has 0 bridgehead atoms. The van der Waals surface area contributed by atoms with Crippen LogP contribution in [0.1, 0.15) is 47.3 Å². The molecule has 0 atom stereocenters. The zero-order chi connectivity index (χ0) is 25.7. The summed E-state index contributed by atoms with van der Waals surface area (Å²) < 4.78 is 31.7. The molecular weight excluding hydrogens is 477 g/mol. The molecule has 4 heterocycles. The number of amides is 1. The van der Waals surface area contributed by atoms with E-state index >= 15 is 0 Å². The van der Waals surface area contributed by atoms with Gasteiger partial charge in [0.05, 0.1) is 5.56 Å². The Bertz CT molecular complexity index is 1070. The molecule has 9 nitrogen and oxygen atoms in total. The number of pyridine rings is 1. The molecule has 5 rings (SSSR count). The molecule has 3 aliphatic rings. The molecule has 2 fully saturated rings. The minimum Gasteiger partial charge on any atom is -0.475 e. The number of likely N-dealkylation sites (tertiary alicyclic amines) is 1. The van der Waals surface area contributed by atoms with Gasteiger partial charge in [0.2, 0.25) is 0 Å². The fraction of sp³-hybridized carbons (Fsp3) is 0.542. The zero-order valence-electron chi connectivity index (χ0n) is 19.8. The topological polar surface area (TPSA) is 112 Å². The lowest BCUT2D eigenvalue weighted by Gasteiger charge is -2.20. The van der Waals surface area contributed by atoms with Gasteiger partial charge in [-0.3, -0.25) is 4.79 Å². The molecule has 0 radical (unpaired) electrons. The van der Waals surface area contributed by atoms with E-state index < -0.39 is 12.1 Å². The highest BCUT2D eigenvalue weighted by Crippen LogP contribution is 2.30. The van der Waals surface area contributed by atoms with E-state index in [1.807, 2.05) is 11.0 Å². The van der Waals surface area contributed by atoms with Crippen LogP contribution in [0, 0.1) is 5.92 Å². The molecule has 2 aliphatic heterocycles. The lowest BCUT2D eigenvalue weighted by atomic mass is 10.0. The SMILES string of the molecule is O=C(O)C(F)(F)F.O=C(c1cc2c(nc1NCC1CC1)CCN(c1ccncn1)CC2)N1CCCC1. The Morgan fingerprint density at radius 2 is 1.81 bits per heavy atom. The molecule has 36 heavy (non-hydrogen) atoms. The van der Waals surface area contributed by atoms with Crippen molar-refractivity contribution in [1.82, 2.24) is 19.9 Å². The molecule has 1 saturated heterocycles. The van der Waals surface area contributed by atoms with Gasteiger partial charge >= 0.3 is 12.1 Å².